The van der Waals surface area contributed by atoms with Crippen molar-refractivity contribution in [3.63, 3.8) is 0 Å². The summed E-state index contributed by atoms with van der Waals surface area (Å²) in [5, 5.41) is 11.9. The van der Waals surface area contributed by atoms with Crippen molar-refractivity contribution in [2.45, 2.75) is 38.3 Å². The number of hydrogen-bond donors (Lipinski definition) is 2. The number of anilines is 1. The average molecular weight is 331 g/mol. The van der Waals surface area contributed by atoms with Gasteiger partial charge in [-0.05, 0) is 38.3 Å². The van der Waals surface area contributed by atoms with Crippen LogP contribution in [0, 0.1) is 0 Å². The maximum atomic E-state index is 12.8. The van der Waals surface area contributed by atoms with E-state index in [9.17, 15) is 9.59 Å². The first-order valence-corrected chi connectivity index (χ1v) is 8.47. The van der Waals surface area contributed by atoms with Gasteiger partial charge < -0.3 is 15.3 Å². The summed E-state index contributed by atoms with van der Waals surface area (Å²) >= 11 is 0. The van der Waals surface area contributed by atoms with Crippen LogP contribution in [0.3, 0.4) is 0 Å². The number of nitrogens with one attached hydrogen (secondary N) is 1. The fourth-order valence-electron chi connectivity index (χ4n) is 3.84. The van der Waals surface area contributed by atoms with Crippen LogP contribution in [-0.4, -0.2) is 59.6 Å². The van der Waals surface area contributed by atoms with Crippen molar-refractivity contribution in [2.24, 2.45) is 0 Å². The predicted molar refractivity (Wildman–Crippen MR) is 92.2 cm³/mol. The molecule has 2 heterocycles. The van der Waals surface area contributed by atoms with Gasteiger partial charge in [0.25, 0.3) is 0 Å². The second-order valence-corrected chi connectivity index (χ2v) is 7.21. The molecule has 1 aromatic rings. The van der Waals surface area contributed by atoms with Crippen LogP contribution in [-0.2, 0) is 16.0 Å². The third-order valence-corrected chi connectivity index (χ3v) is 5.05. The molecule has 2 atom stereocenters. The van der Waals surface area contributed by atoms with Gasteiger partial charge in [0.2, 0.25) is 5.91 Å². The molecule has 24 heavy (non-hydrogen) atoms. The fourth-order valence-corrected chi connectivity index (χ4v) is 3.84. The van der Waals surface area contributed by atoms with Crippen molar-refractivity contribution in [2.75, 3.05) is 31.1 Å². The average Bonchev–Trinajstić information content (AvgIpc) is 3.05. The molecule has 0 saturated carbocycles. The lowest BCUT2D eigenvalue weighted by atomic mass is 10.0. The predicted octanol–water partition coefficient (Wildman–Crippen LogP) is 1.10. The number of nitrogens with zero attached hydrogens (tertiary/aromatic N) is 2. The number of amides is 1. The molecule has 1 fully saturated rings. The van der Waals surface area contributed by atoms with Crippen molar-refractivity contribution < 1.29 is 14.7 Å². The minimum atomic E-state index is -0.853. The lowest BCUT2D eigenvalue weighted by molar-refractivity contribution is -0.136. The number of carbonyl (C=O) groups excluding carboxylic acids is 1. The fraction of sp³-hybridized carbons (Fsp3) is 0.556. The highest BCUT2D eigenvalue weighted by atomic mass is 16.4. The second kappa shape index (κ2) is 6.53. The highest BCUT2D eigenvalue weighted by Gasteiger charge is 2.37. The Morgan fingerprint density at radius 2 is 2.12 bits per heavy atom. The zero-order valence-corrected chi connectivity index (χ0v) is 14.3. The summed E-state index contributed by atoms with van der Waals surface area (Å²) < 4.78 is 0. The Hall–Kier alpha value is -1.92. The van der Waals surface area contributed by atoms with Crippen LogP contribution < -0.4 is 10.2 Å². The van der Waals surface area contributed by atoms with E-state index in [1.165, 1.54) is 5.56 Å². The Kier molecular flexibility index (Phi) is 4.60. The highest BCUT2D eigenvalue weighted by molar-refractivity contribution is 5.97. The third kappa shape index (κ3) is 3.44. The van der Waals surface area contributed by atoms with Crippen LogP contribution in [0.2, 0.25) is 0 Å². The van der Waals surface area contributed by atoms with Crippen molar-refractivity contribution >= 4 is 17.6 Å². The molecule has 0 bridgehead atoms. The summed E-state index contributed by atoms with van der Waals surface area (Å²) in [4.78, 5) is 27.6. The Balaban J connectivity index is 1.61. The molecule has 130 valence electrons. The first-order valence-electron chi connectivity index (χ1n) is 8.47. The third-order valence-electron chi connectivity index (χ3n) is 5.05. The Bertz CT molecular complexity index is 648. The first kappa shape index (κ1) is 16.9. The van der Waals surface area contributed by atoms with Gasteiger partial charge in [-0.25, -0.2) is 0 Å². The van der Waals surface area contributed by atoms with Gasteiger partial charge in [0.1, 0.15) is 0 Å². The Morgan fingerprint density at radius 3 is 2.88 bits per heavy atom. The Labute approximate surface area is 142 Å². The summed E-state index contributed by atoms with van der Waals surface area (Å²) in [7, 11) is 0. The SMILES string of the molecule is CC1Cc2ccccc2N1C(=O)CN1CCC(C)(NCC(=O)O)C1. The van der Waals surface area contributed by atoms with Crippen LogP contribution in [0.1, 0.15) is 25.8 Å². The summed E-state index contributed by atoms with van der Waals surface area (Å²) in [5.41, 5.74) is 2.02. The number of para-hydroxylation sites is 1. The van der Waals surface area contributed by atoms with Crippen molar-refractivity contribution in [3.8, 4) is 0 Å². The van der Waals surface area contributed by atoms with Gasteiger partial charge in [0, 0.05) is 30.4 Å². The van der Waals surface area contributed by atoms with E-state index >= 15 is 0 Å². The molecule has 2 N–H and O–H groups in total. The van der Waals surface area contributed by atoms with Gasteiger partial charge in [-0.2, -0.15) is 0 Å². The van der Waals surface area contributed by atoms with E-state index in [0.29, 0.717) is 13.1 Å². The van der Waals surface area contributed by atoms with Crippen LogP contribution in [0.5, 0.6) is 0 Å². The molecule has 0 radical (unpaired) electrons. The number of likely N-dealkylation sites (tertiary alicyclic amines) is 1. The van der Waals surface area contributed by atoms with E-state index in [1.54, 1.807) is 0 Å². The number of rotatable bonds is 5. The topological polar surface area (TPSA) is 72.9 Å². The number of benzene rings is 1. The minimum Gasteiger partial charge on any atom is -0.480 e. The van der Waals surface area contributed by atoms with Crippen molar-refractivity contribution in [1.29, 1.82) is 0 Å². The monoisotopic (exact) mass is 331 g/mol. The molecular weight excluding hydrogens is 306 g/mol. The Morgan fingerprint density at radius 1 is 1.38 bits per heavy atom. The number of carboxylic acid groups (broad SMARTS) is 1. The van der Waals surface area contributed by atoms with E-state index in [1.807, 2.05) is 30.0 Å². The lowest BCUT2D eigenvalue weighted by Gasteiger charge is -2.28. The minimum absolute atomic E-state index is 0.0468. The molecule has 3 rings (SSSR count). The van der Waals surface area contributed by atoms with E-state index in [2.05, 4.69) is 23.2 Å². The molecule has 6 heteroatoms. The van der Waals surface area contributed by atoms with Gasteiger partial charge in [0.15, 0.2) is 0 Å². The van der Waals surface area contributed by atoms with Crippen molar-refractivity contribution in [1.82, 2.24) is 10.2 Å². The molecule has 0 aliphatic carbocycles. The molecule has 2 unspecified atom stereocenters. The van der Waals surface area contributed by atoms with Gasteiger partial charge in [-0.1, -0.05) is 18.2 Å². The molecule has 0 spiro atoms. The molecule has 1 amide bonds. The summed E-state index contributed by atoms with van der Waals surface area (Å²) in [6.07, 6.45) is 1.75. The highest BCUT2D eigenvalue weighted by Crippen LogP contribution is 2.32. The number of carboxylic acids is 1. The number of aliphatic carboxylic acids is 1. The van der Waals surface area contributed by atoms with Crippen LogP contribution in [0.4, 0.5) is 5.69 Å². The van der Waals surface area contributed by atoms with Crippen LogP contribution >= 0.6 is 0 Å². The van der Waals surface area contributed by atoms with Gasteiger partial charge in [0.05, 0.1) is 13.1 Å². The summed E-state index contributed by atoms with van der Waals surface area (Å²) in [6, 6.07) is 8.27. The van der Waals surface area contributed by atoms with Crippen LogP contribution in [0.15, 0.2) is 24.3 Å². The van der Waals surface area contributed by atoms with E-state index in [0.717, 1.165) is 25.1 Å². The zero-order chi connectivity index (χ0) is 17.3. The smallest absolute Gasteiger partial charge is 0.317 e. The first-order chi connectivity index (χ1) is 11.4. The van der Waals surface area contributed by atoms with Gasteiger partial charge in [-0.3, -0.25) is 14.5 Å². The maximum Gasteiger partial charge on any atom is 0.317 e. The summed E-state index contributed by atoms with van der Waals surface area (Å²) in [6.45, 7) is 5.93. The maximum absolute atomic E-state index is 12.8. The normalized spacial score (nSPS) is 26.6. The number of hydrogen-bond acceptors (Lipinski definition) is 4. The molecular formula is C18H25N3O3. The van der Waals surface area contributed by atoms with Gasteiger partial charge >= 0.3 is 5.97 Å². The number of fused-ring (bicyclic) bond motifs is 1. The summed E-state index contributed by atoms with van der Waals surface area (Å²) in [5.74, 6) is -0.733. The van der Waals surface area contributed by atoms with E-state index < -0.39 is 5.97 Å². The second-order valence-electron chi connectivity index (χ2n) is 7.21. The zero-order valence-electron chi connectivity index (χ0n) is 14.3. The van der Waals surface area contributed by atoms with E-state index in [-0.39, 0.29) is 24.0 Å². The molecule has 0 aromatic heterocycles. The molecule has 1 saturated heterocycles. The molecule has 2 aliphatic heterocycles. The van der Waals surface area contributed by atoms with Crippen LogP contribution in [0.25, 0.3) is 0 Å². The quantitative estimate of drug-likeness (QED) is 0.845. The molecule has 1 aromatic carbocycles. The lowest BCUT2D eigenvalue weighted by Crippen LogP contribution is -2.48. The van der Waals surface area contributed by atoms with Gasteiger partial charge in [-0.15, -0.1) is 0 Å². The number of carbonyl (C=O) groups is 2. The van der Waals surface area contributed by atoms with Crippen molar-refractivity contribution in [3.05, 3.63) is 29.8 Å². The van der Waals surface area contributed by atoms with E-state index in [4.69, 9.17) is 5.11 Å². The largest absolute Gasteiger partial charge is 0.480 e. The molecule has 2 aliphatic rings. The standard InChI is InChI=1S/C18H25N3O3/c1-13-9-14-5-3-4-6-15(14)21(13)16(22)11-20-8-7-18(2,12-20)19-10-17(23)24/h3-6,13,19H,7-12H2,1-2H3,(H,23,24). The molecule has 6 nitrogen and oxygen atoms in total.